The van der Waals surface area contributed by atoms with E-state index in [1.165, 1.54) is 12.1 Å². The highest BCUT2D eigenvalue weighted by molar-refractivity contribution is 5.73. The average Bonchev–Trinajstić information content (AvgIpc) is 3.37. The summed E-state index contributed by atoms with van der Waals surface area (Å²) in [5.41, 5.74) is 4.76. The van der Waals surface area contributed by atoms with Gasteiger partial charge in [-0.1, -0.05) is 29.5 Å². The Balaban J connectivity index is 0.000000317. The molecule has 1 aromatic carbocycles. The zero-order chi connectivity index (χ0) is 32.7. The number of carboxylic acid groups (broad SMARTS) is 2. The van der Waals surface area contributed by atoms with Crippen LogP contribution in [0.2, 0.25) is 0 Å². The third kappa shape index (κ3) is 9.43. The molecule has 1 unspecified atom stereocenters. The lowest BCUT2D eigenvalue weighted by Crippen LogP contribution is -2.46. The van der Waals surface area contributed by atoms with Gasteiger partial charge in [-0.2, -0.15) is 26.3 Å². The fourth-order valence-corrected chi connectivity index (χ4v) is 4.08. The van der Waals surface area contributed by atoms with Gasteiger partial charge in [0.05, 0.1) is 17.3 Å². The van der Waals surface area contributed by atoms with Gasteiger partial charge in [-0.25, -0.2) is 18.5 Å². The normalized spacial score (nSPS) is 16.0. The van der Waals surface area contributed by atoms with Gasteiger partial charge in [-0.15, -0.1) is 5.10 Å². The predicted molar refractivity (Wildman–Crippen MR) is 141 cm³/mol. The summed E-state index contributed by atoms with van der Waals surface area (Å²) < 4.78 is 78.9. The summed E-state index contributed by atoms with van der Waals surface area (Å²) >= 11 is 0. The van der Waals surface area contributed by atoms with Crippen molar-refractivity contribution in [2.24, 2.45) is 0 Å². The number of rotatable bonds is 4. The molecule has 17 heteroatoms. The van der Waals surface area contributed by atoms with Gasteiger partial charge in [0, 0.05) is 44.1 Å². The molecule has 1 saturated heterocycles. The SMILES string of the molecule is CN1CCN(Cc2ccccn2)CC1c1nnn2cc(-c3cccc(F)c3)ccc12.O=C(O)C(F)(F)F.O=C(O)C(F)(F)F. The zero-order valence-corrected chi connectivity index (χ0v) is 22.8. The number of nitrogens with zero attached hydrogens (tertiary/aromatic N) is 6. The van der Waals surface area contributed by atoms with Crippen LogP contribution in [0.3, 0.4) is 0 Å². The molecule has 1 atom stereocenters. The fourth-order valence-electron chi connectivity index (χ4n) is 4.08. The maximum Gasteiger partial charge on any atom is 0.490 e. The summed E-state index contributed by atoms with van der Waals surface area (Å²) in [4.78, 5) is 27.0. The van der Waals surface area contributed by atoms with Crippen molar-refractivity contribution in [2.75, 3.05) is 26.7 Å². The zero-order valence-electron chi connectivity index (χ0n) is 22.8. The number of alkyl halides is 6. The Kier molecular flexibility index (Phi) is 10.9. The standard InChI is InChI=1S/C23H23FN6.2C2HF3O2/c1-28-11-12-29(15-20-7-2-3-10-25-20)16-22(28)23-21-9-8-18(14-30(21)27-26-23)17-5-4-6-19(24)13-17;2*3-2(4,5)1(6)7/h2-10,13-14,22H,11-12,15-16H2,1H3;2*(H,6,7). The number of aliphatic carboxylic acids is 2. The molecule has 4 aromatic rings. The van der Waals surface area contributed by atoms with Gasteiger partial charge in [0.15, 0.2) is 0 Å². The van der Waals surface area contributed by atoms with E-state index in [9.17, 15) is 30.7 Å². The topological polar surface area (TPSA) is 124 Å². The second-order valence-electron chi connectivity index (χ2n) is 9.39. The van der Waals surface area contributed by atoms with Crippen molar-refractivity contribution in [3.63, 3.8) is 0 Å². The Morgan fingerprint density at radius 1 is 0.909 bits per heavy atom. The number of hydrogen-bond acceptors (Lipinski definition) is 7. The number of aromatic nitrogens is 4. The number of carbonyl (C=O) groups is 2. The molecule has 0 radical (unpaired) electrons. The summed E-state index contributed by atoms with van der Waals surface area (Å²) in [5, 5.41) is 23.1. The first kappa shape index (κ1) is 33.9. The molecular formula is C27H25F7N6O4. The van der Waals surface area contributed by atoms with Gasteiger partial charge in [-0.3, -0.25) is 14.8 Å². The molecule has 0 amide bonds. The molecule has 0 spiro atoms. The van der Waals surface area contributed by atoms with Crippen LogP contribution in [0.25, 0.3) is 16.6 Å². The molecule has 0 bridgehead atoms. The summed E-state index contributed by atoms with van der Waals surface area (Å²) in [6, 6.07) is 16.8. The van der Waals surface area contributed by atoms with Gasteiger partial charge in [0.1, 0.15) is 11.5 Å². The molecule has 0 aliphatic carbocycles. The van der Waals surface area contributed by atoms with Gasteiger partial charge in [0.25, 0.3) is 0 Å². The van der Waals surface area contributed by atoms with Crippen LogP contribution in [0.1, 0.15) is 17.4 Å². The van der Waals surface area contributed by atoms with E-state index in [0.29, 0.717) is 0 Å². The minimum atomic E-state index is -5.08. The van der Waals surface area contributed by atoms with Crippen molar-refractivity contribution in [3.05, 3.63) is 84.2 Å². The van der Waals surface area contributed by atoms with E-state index >= 15 is 0 Å². The van der Waals surface area contributed by atoms with E-state index in [-0.39, 0.29) is 11.9 Å². The van der Waals surface area contributed by atoms with Crippen molar-refractivity contribution in [1.82, 2.24) is 29.6 Å². The first-order chi connectivity index (χ1) is 20.6. The summed E-state index contributed by atoms with van der Waals surface area (Å²) in [6.07, 6.45) is -6.42. The molecule has 0 saturated carbocycles. The Morgan fingerprint density at radius 3 is 2.14 bits per heavy atom. The van der Waals surface area contributed by atoms with Gasteiger partial charge in [-0.05, 0) is 42.9 Å². The maximum atomic E-state index is 13.6. The van der Waals surface area contributed by atoms with Crippen LogP contribution in [0.5, 0.6) is 0 Å². The van der Waals surface area contributed by atoms with Gasteiger partial charge in [0.2, 0.25) is 0 Å². The molecule has 1 fully saturated rings. The summed E-state index contributed by atoms with van der Waals surface area (Å²) in [6.45, 7) is 3.64. The van der Waals surface area contributed by atoms with Crippen LogP contribution in [-0.4, -0.2) is 90.8 Å². The Bertz CT molecular complexity index is 1540. The molecule has 1 aliphatic rings. The van der Waals surface area contributed by atoms with Crippen LogP contribution in [-0.2, 0) is 16.1 Å². The Labute approximate surface area is 245 Å². The number of pyridine rings is 2. The van der Waals surface area contributed by atoms with Crippen LogP contribution >= 0.6 is 0 Å². The van der Waals surface area contributed by atoms with Crippen LogP contribution in [0, 0.1) is 5.82 Å². The molecule has 5 rings (SSSR count). The van der Waals surface area contributed by atoms with E-state index in [1.807, 2.05) is 42.7 Å². The van der Waals surface area contributed by atoms with E-state index < -0.39 is 24.3 Å². The average molecular weight is 631 g/mol. The third-order valence-corrected chi connectivity index (χ3v) is 6.24. The molecule has 4 heterocycles. The van der Waals surface area contributed by atoms with E-state index in [2.05, 4.69) is 38.2 Å². The molecule has 10 nitrogen and oxygen atoms in total. The first-order valence-electron chi connectivity index (χ1n) is 12.6. The molecule has 236 valence electrons. The highest BCUT2D eigenvalue weighted by Crippen LogP contribution is 2.28. The maximum absolute atomic E-state index is 13.6. The van der Waals surface area contributed by atoms with Crippen molar-refractivity contribution in [3.8, 4) is 11.1 Å². The quantitative estimate of drug-likeness (QED) is 0.309. The third-order valence-electron chi connectivity index (χ3n) is 6.24. The molecule has 3 aromatic heterocycles. The van der Waals surface area contributed by atoms with Crippen molar-refractivity contribution < 1.29 is 50.5 Å². The van der Waals surface area contributed by atoms with Crippen molar-refractivity contribution >= 4 is 17.5 Å². The van der Waals surface area contributed by atoms with Crippen molar-refractivity contribution in [1.29, 1.82) is 0 Å². The molecule has 2 N–H and O–H groups in total. The smallest absolute Gasteiger partial charge is 0.475 e. The number of fused-ring (bicyclic) bond motifs is 1. The number of carboxylic acids is 2. The van der Waals surface area contributed by atoms with Crippen molar-refractivity contribution in [2.45, 2.75) is 24.9 Å². The number of hydrogen-bond donors (Lipinski definition) is 2. The largest absolute Gasteiger partial charge is 0.490 e. The molecule has 1 aliphatic heterocycles. The monoisotopic (exact) mass is 630 g/mol. The van der Waals surface area contributed by atoms with E-state index in [1.54, 1.807) is 10.6 Å². The van der Waals surface area contributed by atoms with E-state index in [4.69, 9.17) is 19.8 Å². The minimum absolute atomic E-state index is 0.153. The second-order valence-corrected chi connectivity index (χ2v) is 9.39. The molecule has 44 heavy (non-hydrogen) atoms. The highest BCUT2D eigenvalue weighted by Gasteiger charge is 2.39. The lowest BCUT2D eigenvalue weighted by atomic mass is 10.1. The Morgan fingerprint density at radius 2 is 1.57 bits per heavy atom. The lowest BCUT2D eigenvalue weighted by Gasteiger charge is -2.38. The molecular weight excluding hydrogens is 605 g/mol. The van der Waals surface area contributed by atoms with Gasteiger partial charge < -0.3 is 10.2 Å². The highest BCUT2D eigenvalue weighted by atomic mass is 19.4. The van der Waals surface area contributed by atoms with Crippen LogP contribution < -0.4 is 0 Å². The van der Waals surface area contributed by atoms with E-state index in [0.717, 1.165) is 54.2 Å². The number of likely N-dealkylation sites (N-methyl/N-ethyl adjacent to an activating group) is 1. The fraction of sp³-hybridized carbons (Fsp3) is 0.296. The second kappa shape index (κ2) is 14.2. The number of halogens is 7. The predicted octanol–water partition coefficient (Wildman–Crippen LogP) is 4.69. The number of benzene rings is 1. The Hall–Kier alpha value is -4.64. The van der Waals surface area contributed by atoms with Gasteiger partial charge >= 0.3 is 24.3 Å². The van der Waals surface area contributed by atoms with Crippen LogP contribution in [0.15, 0.2) is 67.0 Å². The lowest BCUT2D eigenvalue weighted by molar-refractivity contribution is -0.193. The van der Waals surface area contributed by atoms with Crippen LogP contribution in [0.4, 0.5) is 30.7 Å². The number of piperazine rings is 1. The first-order valence-corrected chi connectivity index (χ1v) is 12.6. The summed E-state index contributed by atoms with van der Waals surface area (Å²) in [7, 11) is 2.13. The minimum Gasteiger partial charge on any atom is -0.475 e. The summed E-state index contributed by atoms with van der Waals surface area (Å²) in [5.74, 6) is -5.76.